The number of methoxy groups -OCH3 is 1. The van der Waals surface area contributed by atoms with E-state index in [1.54, 1.807) is 0 Å². The van der Waals surface area contributed by atoms with Crippen molar-refractivity contribution >= 4 is 5.97 Å². The molecule has 7 aliphatic rings. The first-order valence-corrected chi connectivity index (χ1v) is 19.7. The molecule has 20 atom stereocenters. The van der Waals surface area contributed by atoms with E-state index >= 15 is 0 Å². The minimum Gasteiger partial charge on any atom is -0.469 e. The second-order valence-corrected chi connectivity index (χ2v) is 17.7. The second kappa shape index (κ2) is 15.3. The quantitative estimate of drug-likeness (QED) is 0.0721. The van der Waals surface area contributed by atoms with Gasteiger partial charge in [-0.15, -0.1) is 0 Å². The molecule has 314 valence electrons. The van der Waals surface area contributed by atoms with Crippen LogP contribution < -0.4 is 0 Å². The molecule has 2 bridgehead atoms. The minimum atomic E-state index is -1.87. The van der Waals surface area contributed by atoms with Gasteiger partial charge in [0.25, 0.3) is 0 Å². The SMILES string of the molecule is C=C1C[C@@]23CC[C@H]4[C@@](C)(CCC[C@@]4(C)C(=O)OC)[C@@H]2CC[C@]1(O[C@@H]1O[C@H](CO)[C@@H](O)[C@H](O[C@@H]2O[C@H](CO)[C@@H](O)[C@H](O)[C@H]2O)[C@H]1O[C@@H]1OC[C@@H](O)[C@H](O)[C@H]1O)C3. The highest BCUT2D eigenvalue weighted by Gasteiger charge is 2.69. The zero-order valence-electron chi connectivity index (χ0n) is 31.7. The van der Waals surface area contributed by atoms with Gasteiger partial charge in [0.15, 0.2) is 18.9 Å². The molecule has 3 heterocycles. The van der Waals surface area contributed by atoms with Gasteiger partial charge in [-0.25, -0.2) is 0 Å². The van der Waals surface area contributed by atoms with Crippen molar-refractivity contribution in [3.63, 3.8) is 0 Å². The molecule has 17 nitrogen and oxygen atoms in total. The van der Waals surface area contributed by atoms with E-state index in [9.17, 15) is 50.8 Å². The summed E-state index contributed by atoms with van der Waals surface area (Å²) >= 11 is 0. The molecule has 0 radical (unpaired) electrons. The third kappa shape index (κ3) is 6.72. The largest absolute Gasteiger partial charge is 0.469 e. The molecule has 55 heavy (non-hydrogen) atoms. The normalized spacial score (nSPS) is 54.0. The summed E-state index contributed by atoms with van der Waals surface area (Å²) in [7, 11) is 1.45. The molecular weight excluding hydrogens is 728 g/mol. The molecule has 3 aliphatic heterocycles. The molecule has 0 unspecified atom stereocenters. The Balaban J connectivity index is 1.20. The lowest BCUT2D eigenvalue weighted by Crippen LogP contribution is -2.67. The van der Waals surface area contributed by atoms with E-state index < -0.39 is 117 Å². The van der Waals surface area contributed by atoms with Gasteiger partial charge in [-0.1, -0.05) is 19.9 Å². The standard InChI is InChI=1S/C38H60O17/c1-17-12-37-10-6-21-35(2,8-5-9-36(21,3)34(48)49-4)22(37)7-11-38(17,16-37)55-33-30(54-31-27(46)23(42)18(41)15-50-31)29(25(44)20(14-40)52-33)53-32-28(47)26(45)24(43)19(13-39)51-32/h18-33,39-47H,1,5-16H2,2-4H3/t18-,19-,20-,21+,22+,23+,24-,25-,26+,27-,28-,29+,30-,31+,32+,33+,35-,36-,37-,38+/m1/s1. The maximum atomic E-state index is 13.2. The van der Waals surface area contributed by atoms with Crippen molar-refractivity contribution in [2.75, 3.05) is 26.9 Å². The fraction of sp³-hybridized carbons (Fsp3) is 0.921. The Hall–Kier alpha value is -1.39. The van der Waals surface area contributed by atoms with Crippen molar-refractivity contribution < 1.29 is 83.9 Å². The first-order valence-electron chi connectivity index (χ1n) is 19.7. The summed E-state index contributed by atoms with van der Waals surface area (Å²) in [5, 5.41) is 95.0. The summed E-state index contributed by atoms with van der Waals surface area (Å²) in [5.41, 5.74) is -1.07. The van der Waals surface area contributed by atoms with Crippen LogP contribution in [0.3, 0.4) is 0 Å². The van der Waals surface area contributed by atoms with E-state index in [1.807, 2.05) is 6.92 Å². The van der Waals surface area contributed by atoms with E-state index in [4.69, 9.17) is 33.2 Å². The number of aliphatic hydroxyl groups excluding tert-OH is 9. The lowest BCUT2D eigenvalue weighted by molar-refractivity contribution is -0.395. The van der Waals surface area contributed by atoms with Crippen molar-refractivity contribution in [1.82, 2.24) is 0 Å². The van der Waals surface area contributed by atoms with Gasteiger partial charge >= 0.3 is 5.97 Å². The van der Waals surface area contributed by atoms with Crippen LogP contribution in [0.1, 0.15) is 71.6 Å². The average Bonchev–Trinajstić information content (AvgIpc) is 3.36. The third-order valence-electron chi connectivity index (χ3n) is 14.8. The number of fused-ring (bicyclic) bond motifs is 3. The molecular formula is C38H60O17. The first kappa shape index (κ1) is 41.8. The summed E-state index contributed by atoms with van der Waals surface area (Å²) < 4.78 is 42.0. The van der Waals surface area contributed by atoms with Crippen LogP contribution in [0.5, 0.6) is 0 Å². The van der Waals surface area contributed by atoms with Crippen LogP contribution in [0.15, 0.2) is 12.2 Å². The number of esters is 1. The molecule has 0 amide bonds. The fourth-order valence-corrected chi connectivity index (χ4v) is 12.0. The molecule has 4 saturated carbocycles. The zero-order valence-corrected chi connectivity index (χ0v) is 31.7. The van der Waals surface area contributed by atoms with Crippen LogP contribution in [-0.2, 0) is 38.0 Å². The summed E-state index contributed by atoms with van der Waals surface area (Å²) in [6, 6.07) is 0. The number of carbonyl (C=O) groups excluding carboxylic acids is 1. The predicted octanol–water partition coefficient (Wildman–Crippen LogP) is -1.64. The smallest absolute Gasteiger partial charge is 0.311 e. The van der Waals surface area contributed by atoms with Crippen molar-refractivity contribution in [1.29, 1.82) is 0 Å². The Morgan fingerprint density at radius 1 is 0.764 bits per heavy atom. The van der Waals surface area contributed by atoms with Gasteiger partial charge in [-0.2, -0.15) is 0 Å². The Morgan fingerprint density at radius 2 is 1.40 bits per heavy atom. The van der Waals surface area contributed by atoms with Crippen LogP contribution >= 0.6 is 0 Å². The number of rotatable bonds is 9. The van der Waals surface area contributed by atoms with Gasteiger partial charge in [0.1, 0.15) is 67.1 Å². The topological polar surface area (TPSA) is 264 Å². The van der Waals surface area contributed by atoms with Crippen LogP contribution in [-0.4, -0.2) is 170 Å². The van der Waals surface area contributed by atoms with Crippen molar-refractivity contribution in [3.05, 3.63) is 12.2 Å². The van der Waals surface area contributed by atoms with Gasteiger partial charge in [-0.3, -0.25) is 4.79 Å². The molecule has 3 saturated heterocycles. The Morgan fingerprint density at radius 3 is 2.09 bits per heavy atom. The molecule has 0 aromatic carbocycles. The number of hydrogen-bond acceptors (Lipinski definition) is 17. The molecule has 0 aromatic heterocycles. The van der Waals surface area contributed by atoms with Gasteiger partial charge in [0.05, 0.1) is 37.9 Å². The highest BCUT2D eigenvalue weighted by molar-refractivity contribution is 5.77. The molecule has 4 aliphatic carbocycles. The maximum absolute atomic E-state index is 13.2. The second-order valence-electron chi connectivity index (χ2n) is 17.7. The molecule has 1 spiro atoms. The summed E-state index contributed by atoms with van der Waals surface area (Å²) in [5.74, 6) is 0.229. The van der Waals surface area contributed by atoms with Gasteiger partial charge in [0.2, 0.25) is 0 Å². The van der Waals surface area contributed by atoms with Gasteiger partial charge in [-0.05, 0) is 86.5 Å². The summed E-state index contributed by atoms with van der Waals surface area (Å²) in [6.07, 6.45) is -15.7. The van der Waals surface area contributed by atoms with Crippen LogP contribution in [0.25, 0.3) is 0 Å². The molecule has 17 heteroatoms. The number of ether oxygens (including phenoxy) is 7. The molecule has 9 N–H and O–H groups in total. The van der Waals surface area contributed by atoms with Crippen LogP contribution in [0.2, 0.25) is 0 Å². The average molecular weight is 789 g/mol. The number of carbonyl (C=O) groups is 1. The summed E-state index contributed by atoms with van der Waals surface area (Å²) in [6.45, 7) is 7.01. The highest BCUT2D eigenvalue weighted by Crippen LogP contribution is 2.73. The maximum Gasteiger partial charge on any atom is 0.311 e. The third-order valence-corrected chi connectivity index (χ3v) is 14.8. The van der Waals surface area contributed by atoms with E-state index in [0.29, 0.717) is 19.3 Å². The van der Waals surface area contributed by atoms with E-state index in [1.165, 1.54) is 7.11 Å². The van der Waals surface area contributed by atoms with Crippen LogP contribution in [0.4, 0.5) is 0 Å². The Bertz CT molecular complexity index is 1420. The predicted molar refractivity (Wildman–Crippen MR) is 185 cm³/mol. The van der Waals surface area contributed by atoms with Gasteiger partial charge in [0, 0.05) is 0 Å². The van der Waals surface area contributed by atoms with Crippen molar-refractivity contribution in [2.24, 2.45) is 28.1 Å². The first-order chi connectivity index (χ1) is 26.0. The molecule has 7 fully saturated rings. The lowest BCUT2D eigenvalue weighted by Gasteiger charge is -2.64. The lowest BCUT2D eigenvalue weighted by atomic mass is 9.41. The Kier molecular flexibility index (Phi) is 11.6. The number of hydrogen-bond donors (Lipinski definition) is 9. The van der Waals surface area contributed by atoms with Gasteiger partial charge < -0.3 is 79.1 Å². The zero-order chi connectivity index (χ0) is 39.8. The Labute approximate surface area is 320 Å². The number of aliphatic hydroxyl groups is 9. The minimum absolute atomic E-state index is 0.139. The highest BCUT2D eigenvalue weighted by atomic mass is 16.8. The van der Waals surface area contributed by atoms with Crippen LogP contribution in [0, 0.1) is 28.1 Å². The fourth-order valence-electron chi connectivity index (χ4n) is 12.0. The van der Waals surface area contributed by atoms with E-state index in [2.05, 4.69) is 13.5 Å². The molecule has 0 aromatic rings. The van der Waals surface area contributed by atoms with E-state index in [0.717, 1.165) is 44.1 Å². The van der Waals surface area contributed by atoms with Crippen molar-refractivity contribution in [2.45, 2.75) is 163 Å². The summed E-state index contributed by atoms with van der Waals surface area (Å²) in [4.78, 5) is 13.2. The molecule has 7 rings (SSSR count). The monoisotopic (exact) mass is 788 g/mol. The van der Waals surface area contributed by atoms with Crippen molar-refractivity contribution in [3.8, 4) is 0 Å². The van der Waals surface area contributed by atoms with E-state index in [-0.39, 0.29) is 28.6 Å².